The average Bonchev–Trinajstić information content (AvgIpc) is 2.86. The Labute approximate surface area is 214 Å². The number of amides is 1. The Kier molecular flexibility index (Phi) is 7.77. The molecule has 0 atom stereocenters. The number of benzene rings is 4. The number of para-hydroxylation sites is 1. The molecule has 2 N–H and O–H groups in total. The zero-order valence-corrected chi connectivity index (χ0v) is 21.1. The summed E-state index contributed by atoms with van der Waals surface area (Å²) in [6, 6.07) is 29.7. The van der Waals surface area contributed by atoms with Crippen LogP contribution in [0.1, 0.15) is 21.5 Å². The molecule has 0 heterocycles. The zero-order chi connectivity index (χ0) is 23.9. The lowest BCUT2D eigenvalue weighted by molar-refractivity contribution is 0.0954. The number of carbonyl (C=O) groups is 1. The highest BCUT2D eigenvalue weighted by Crippen LogP contribution is 2.33. The van der Waals surface area contributed by atoms with Gasteiger partial charge in [0.2, 0.25) is 0 Å². The molecule has 0 bridgehead atoms. The van der Waals surface area contributed by atoms with E-state index in [0.29, 0.717) is 38.1 Å². The number of aromatic hydroxyl groups is 1. The lowest BCUT2D eigenvalue weighted by atomic mass is 10.0. The molecule has 4 aromatic carbocycles. The van der Waals surface area contributed by atoms with E-state index in [4.69, 9.17) is 4.74 Å². The van der Waals surface area contributed by atoms with E-state index in [1.165, 1.54) is 0 Å². The number of halogens is 2. The minimum absolute atomic E-state index is 0.0991. The van der Waals surface area contributed by atoms with Crippen molar-refractivity contribution in [3.63, 3.8) is 0 Å². The fourth-order valence-corrected chi connectivity index (χ4v) is 4.42. The van der Waals surface area contributed by atoms with E-state index in [1.54, 1.807) is 36.4 Å². The van der Waals surface area contributed by atoms with E-state index < -0.39 is 0 Å². The highest BCUT2D eigenvalue weighted by atomic mass is 79.9. The Hall–Kier alpha value is -3.42. The van der Waals surface area contributed by atoms with Crippen molar-refractivity contribution in [3.8, 4) is 17.2 Å². The van der Waals surface area contributed by atoms with Crippen LogP contribution in [0.25, 0.3) is 0 Å². The van der Waals surface area contributed by atoms with Crippen LogP contribution in [0.5, 0.6) is 17.2 Å². The van der Waals surface area contributed by atoms with Crippen LogP contribution in [0, 0.1) is 0 Å². The monoisotopic (exact) mass is 578 g/mol. The second-order valence-electron chi connectivity index (χ2n) is 7.39. The highest BCUT2D eigenvalue weighted by molar-refractivity contribution is 9.11. The van der Waals surface area contributed by atoms with E-state index in [9.17, 15) is 9.90 Å². The maximum Gasteiger partial charge on any atom is 0.271 e. The third kappa shape index (κ3) is 6.12. The molecule has 0 unspecified atom stereocenters. The summed E-state index contributed by atoms with van der Waals surface area (Å²) < 4.78 is 6.88. The van der Waals surface area contributed by atoms with Crippen LogP contribution in [0.15, 0.2) is 111 Å². The molecule has 0 aliphatic carbocycles. The molecular formula is C27H20Br2N2O3. The van der Waals surface area contributed by atoms with Gasteiger partial charge >= 0.3 is 0 Å². The molecule has 0 aliphatic rings. The molecule has 0 saturated carbocycles. The van der Waals surface area contributed by atoms with Gasteiger partial charge in [-0.05, 0) is 79.9 Å². The highest BCUT2D eigenvalue weighted by Gasteiger charge is 2.13. The van der Waals surface area contributed by atoms with Crippen molar-refractivity contribution in [2.24, 2.45) is 5.10 Å². The molecule has 0 radical (unpaired) electrons. The number of hydrogen-bond acceptors (Lipinski definition) is 4. The van der Waals surface area contributed by atoms with Crippen molar-refractivity contribution in [2.45, 2.75) is 6.42 Å². The second kappa shape index (κ2) is 11.1. The van der Waals surface area contributed by atoms with Crippen molar-refractivity contribution in [1.82, 2.24) is 5.43 Å². The van der Waals surface area contributed by atoms with Gasteiger partial charge in [0.25, 0.3) is 5.91 Å². The number of phenols is 1. The first-order chi connectivity index (χ1) is 16.5. The molecule has 4 aromatic rings. The van der Waals surface area contributed by atoms with Crippen molar-refractivity contribution in [1.29, 1.82) is 0 Å². The predicted molar refractivity (Wildman–Crippen MR) is 141 cm³/mol. The molecule has 0 aromatic heterocycles. The first kappa shape index (κ1) is 23.7. The minimum atomic E-state index is -0.360. The van der Waals surface area contributed by atoms with Gasteiger partial charge in [0.15, 0.2) is 0 Å². The van der Waals surface area contributed by atoms with Gasteiger partial charge in [-0.3, -0.25) is 4.79 Å². The molecule has 0 saturated heterocycles. The largest absolute Gasteiger partial charge is 0.506 e. The second-order valence-corrected chi connectivity index (χ2v) is 9.10. The van der Waals surface area contributed by atoms with E-state index in [2.05, 4.69) is 42.4 Å². The van der Waals surface area contributed by atoms with Gasteiger partial charge in [-0.25, -0.2) is 5.43 Å². The topological polar surface area (TPSA) is 70.9 Å². The third-order valence-corrected chi connectivity index (χ3v) is 6.14. The van der Waals surface area contributed by atoms with E-state index >= 15 is 0 Å². The molecule has 4 rings (SSSR count). The molecular weight excluding hydrogens is 560 g/mol. The SMILES string of the molecule is O=C(N/N=C(\Cc1ccccc1)c1cc(Br)c(O)c(Br)c1)c1cccc(Oc2ccccc2)c1. The summed E-state index contributed by atoms with van der Waals surface area (Å²) in [5, 5.41) is 14.5. The number of nitrogens with one attached hydrogen (secondary N) is 1. The van der Waals surface area contributed by atoms with Gasteiger partial charge in [-0.2, -0.15) is 5.10 Å². The maximum atomic E-state index is 12.9. The number of rotatable bonds is 7. The smallest absolute Gasteiger partial charge is 0.271 e. The van der Waals surface area contributed by atoms with Crippen molar-refractivity contribution >= 4 is 43.5 Å². The Morgan fingerprint density at radius 2 is 1.41 bits per heavy atom. The minimum Gasteiger partial charge on any atom is -0.506 e. The standard InChI is InChI=1S/C27H20Br2N2O3/c28-23-16-20(17-24(29)26(23)32)25(14-18-8-3-1-4-9-18)30-31-27(33)19-10-7-13-22(15-19)34-21-11-5-2-6-12-21/h1-13,15-17,32H,14H2,(H,31,33)/b30-25+. The van der Waals surface area contributed by atoms with Gasteiger partial charge in [0.05, 0.1) is 14.7 Å². The summed E-state index contributed by atoms with van der Waals surface area (Å²) in [6.07, 6.45) is 0.488. The van der Waals surface area contributed by atoms with Gasteiger partial charge in [0.1, 0.15) is 17.2 Å². The number of ether oxygens (including phenoxy) is 1. The molecule has 5 nitrogen and oxygen atoms in total. The van der Waals surface area contributed by atoms with Gasteiger partial charge in [-0.1, -0.05) is 54.6 Å². The van der Waals surface area contributed by atoms with Crippen LogP contribution in [0.4, 0.5) is 0 Å². The van der Waals surface area contributed by atoms with E-state index in [0.717, 1.165) is 11.1 Å². The van der Waals surface area contributed by atoms with Crippen molar-refractivity contribution < 1.29 is 14.6 Å². The van der Waals surface area contributed by atoms with Gasteiger partial charge in [-0.15, -0.1) is 0 Å². The van der Waals surface area contributed by atoms with Crippen molar-refractivity contribution in [2.75, 3.05) is 0 Å². The molecule has 1 amide bonds. The Morgan fingerprint density at radius 3 is 2.09 bits per heavy atom. The molecule has 170 valence electrons. The Balaban J connectivity index is 1.58. The number of carbonyl (C=O) groups excluding carboxylic acids is 1. The summed E-state index contributed by atoms with van der Waals surface area (Å²) in [4.78, 5) is 12.9. The summed E-state index contributed by atoms with van der Waals surface area (Å²) in [5.74, 6) is 0.980. The zero-order valence-electron chi connectivity index (χ0n) is 17.9. The summed E-state index contributed by atoms with van der Waals surface area (Å²) in [6.45, 7) is 0. The van der Waals surface area contributed by atoms with Gasteiger partial charge < -0.3 is 9.84 Å². The molecule has 7 heteroatoms. The number of nitrogens with zero attached hydrogens (tertiary/aromatic N) is 1. The number of phenolic OH excluding ortho intramolecular Hbond substituents is 1. The molecule has 34 heavy (non-hydrogen) atoms. The first-order valence-corrected chi connectivity index (χ1v) is 12.0. The lowest BCUT2D eigenvalue weighted by Gasteiger charge is -2.11. The lowest BCUT2D eigenvalue weighted by Crippen LogP contribution is -2.21. The predicted octanol–water partition coefficient (Wildman–Crippen LogP) is 7.09. The van der Waals surface area contributed by atoms with E-state index in [1.807, 2.05) is 60.7 Å². The quantitative estimate of drug-likeness (QED) is 0.181. The summed E-state index contributed by atoms with van der Waals surface area (Å²) in [5.41, 5.74) is 5.51. The average molecular weight is 580 g/mol. The maximum absolute atomic E-state index is 12.9. The number of hydrazone groups is 1. The van der Waals surface area contributed by atoms with Crippen LogP contribution in [-0.2, 0) is 6.42 Å². The van der Waals surface area contributed by atoms with Crippen LogP contribution in [-0.4, -0.2) is 16.7 Å². The normalized spacial score (nSPS) is 11.2. The fourth-order valence-electron chi connectivity index (χ4n) is 3.24. The molecule has 0 fully saturated rings. The fraction of sp³-hybridized carbons (Fsp3) is 0.0370. The number of hydrogen-bond donors (Lipinski definition) is 2. The molecule has 0 spiro atoms. The first-order valence-electron chi connectivity index (χ1n) is 10.4. The third-order valence-electron chi connectivity index (χ3n) is 4.93. The molecule has 0 aliphatic heterocycles. The summed E-state index contributed by atoms with van der Waals surface area (Å²) >= 11 is 6.73. The Morgan fingerprint density at radius 1 is 0.794 bits per heavy atom. The summed E-state index contributed by atoms with van der Waals surface area (Å²) in [7, 11) is 0. The van der Waals surface area contributed by atoms with Crippen LogP contribution in [0.2, 0.25) is 0 Å². The van der Waals surface area contributed by atoms with E-state index in [-0.39, 0.29) is 11.7 Å². The van der Waals surface area contributed by atoms with Crippen LogP contribution < -0.4 is 10.2 Å². The van der Waals surface area contributed by atoms with Crippen molar-refractivity contribution in [3.05, 3.63) is 123 Å². The van der Waals surface area contributed by atoms with Gasteiger partial charge in [0, 0.05) is 17.5 Å². The van der Waals surface area contributed by atoms with Crippen LogP contribution >= 0.6 is 31.9 Å². The Bertz CT molecular complexity index is 1300. The van der Waals surface area contributed by atoms with Crippen LogP contribution in [0.3, 0.4) is 0 Å².